The lowest BCUT2D eigenvalue weighted by molar-refractivity contribution is -0.154. The number of aliphatic hydroxyl groups is 1. The topological polar surface area (TPSA) is 49.8 Å². The van der Waals surface area contributed by atoms with Crippen molar-refractivity contribution >= 4 is 5.91 Å². The van der Waals surface area contributed by atoms with E-state index < -0.39 is 5.60 Å². The molecule has 0 aromatic carbocycles. The molecule has 1 unspecified atom stereocenters. The fourth-order valence-corrected chi connectivity index (χ4v) is 2.54. The van der Waals surface area contributed by atoms with Crippen molar-refractivity contribution in [3.63, 3.8) is 0 Å². The minimum atomic E-state index is -0.669. The first-order chi connectivity index (χ1) is 8.09. The molecule has 0 radical (unpaired) electrons. The van der Waals surface area contributed by atoms with Crippen molar-refractivity contribution in [1.82, 2.24) is 4.90 Å². The second-order valence-corrected chi connectivity index (χ2v) is 4.88. The highest BCUT2D eigenvalue weighted by molar-refractivity contribution is 5.85. The lowest BCUT2D eigenvalue weighted by Gasteiger charge is -2.36. The van der Waals surface area contributed by atoms with Crippen LogP contribution in [-0.4, -0.2) is 47.3 Å². The van der Waals surface area contributed by atoms with Crippen molar-refractivity contribution in [3.05, 3.63) is 0 Å². The first-order valence-corrected chi connectivity index (χ1v) is 6.65. The van der Waals surface area contributed by atoms with E-state index in [1.807, 2.05) is 6.92 Å². The number of carbonyl (C=O) groups excluding carboxylic acids is 1. The molecule has 1 aliphatic heterocycles. The predicted octanol–water partition coefficient (Wildman–Crippen LogP) is 1.56. The van der Waals surface area contributed by atoms with Gasteiger partial charge < -0.3 is 14.7 Å². The number of aliphatic hydroxyl groups excluding tert-OH is 1. The fourth-order valence-electron chi connectivity index (χ4n) is 2.54. The summed E-state index contributed by atoms with van der Waals surface area (Å²) in [6, 6.07) is 0.204. The quantitative estimate of drug-likeness (QED) is 0.770. The monoisotopic (exact) mass is 243 g/mol. The van der Waals surface area contributed by atoms with Gasteiger partial charge in [-0.05, 0) is 32.6 Å². The van der Waals surface area contributed by atoms with Gasteiger partial charge in [0, 0.05) is 19.2 Å². The van der Waals surface area contributed by atoms with Gasteiger partial charge in [0.15, 0.2) is 0 Å². The van der Waals surface area contributed by atoms with Crippen molar-refractivity contribution in [3.8, 4) is 0 Å². The molecule has 0 aromatic rings. The summed E-state index contributed by atoms with van der Waals surface area (Å²) in [6.45, 7) is 7.10. The largest absolute Gasteiger partial charge is 0.395 e. The minimum Gasteiger partial charge on any atom is -0.395 e. The molecule has 4 nitrogen and oxygen atoms in total. The molecule has 0 spiro atoms. The van der Waals surface area contributed by atoms with Crippen LogP contribution in [0.15, 0.2) is 0 Å². The minimum absolute atomic E-state index is 0.0122. The van der Waals surface area contributed by atoms with Gasteiger partial charge in [-0.15, -0.1) is 0 Å². The van der Waals surface area contributed by atoms with Crippen molar-refractivity contribution < 1.29 is 14.6 Å². The zero-order valence-electron chi connectivity index (χ0n) is 11.2. The number of ether oxygens (including phenoxy) is 1. The zero-order chi connectivity index (χ0) is 12.9. The number of rotatable bonds is 6. The van der Waals surface area contributed by atoms with Gasteiger partial charge in [-0.3, -0.25) is 4.79 Å². The van der Waals surface area contributed by atoms with Crippen molar-refractivity contribution in [2.45, 2.75) is 58.1 Å². The van der Waals surface area contributed by atoms with Crippen LogP contribution in [0.5, 0.6) is 0 Å². The third-order valence-corrected chi connectivity index (χ3v) is 3.66. The molecular weight excluding hydrogens is 218 g/mol. The van der Waals surface area contributed by atoms with Gasteiger partial charge in [0.05, 0.1) is 6.61 Å². The van der Waals surface area contributed by atoms with Gasteiger partial charge in [-0.25, -0.2) is 0 Å². The standard InChI is InChI=1S/C13H25NO3/c1-4-11(5-2)14(8-9-15)12(16)13(3)7-6-10-17-13/h11,15H,4-10H2,1-3H3. The molecule has 0 saturated carbocycles. The second-order valence-electron chi connectivity index (χ2n) is 4.88. The van der Waals surface area contributed by atoms with Crippen molar-refractivity contribution in [2.24, 2.45) is 0 Å². The zero-order valence-corrected chi connectivity index (χ0v) is 11.2. The molecular formula is C13H25NO3. The maximum absolute atomic E-state index is 12.5. The summed E-state index contributed by atoms with van der Waals surface area (Å²) in [5.41, 5.74) is -0.669. The Balaban J connectivity index is 2.78. The molecule has 4 heteroatoms. The van der Waals surface area contributed by atoms with Crippen LogP contribution in [0.4, 0.5) is 0 Å². The lowest BCUT2D eigenvalue weighted by atomic mass is 9.98. The van der Waals surface area contributed by atoms with Crippen LogP contribution in [0.3, 0.4) is 0 Å². The molecule has 100 valence electrons. The highest BCUT2D eigenvalue weighted by atomic mass is 16.5. The Kier molecular flexibility index (Phi) is 5.40. The summed E-state index contributed by atoms with van der Waals surface area (Å²) < 4.78 is 5.60. The van der Waals surface area contributed by atoms with Crippen molar-refractivity contribution in [1.29, 1.82) is 0 Å². The summed E-state index contributed by atoms with van der Waals surface area (Å²) in [5, 5.41) is 9.12. The van der Waals surface area contributed by atoms with Gasteiger partial charge in [-0.2, -0.15) is 0 Å². The van der Waals surface area contributed by atoms with Gasteiger partial charge in [0.25, 0.3) is 5.91 Å². The van der Waals surface area contributed by atoms with Gasteiger partial charge in [-0.1, -0.05) is 13.8 Å². The van der Waals surface area contributed by atoms with Gasteiger partial charge in [0.1, 0.15) is 5.60 Å². The van der Waals surface area contributed by atoms with Crippen LogP contribution in [0.25, 0.3) is 0 Å². The Morgan fingerprint density at radius 1 is 1.47 bits per heavy atom. The molecule has 0 aliphatic carbocycles. The molecule has 0 bridgehead atoms. The highest BCUT2D eigenvalue weighted by Gasteiger charge is 2.41. The van der Waals surface area contributed by atoms with E-state index in [1.165, 1.54) is 0 Å². The summed E-state index contributed by atoms with van der Waals surface area (Å²) in [7, 11) is 0. The van der Waals surface area contributed by atoms with Crippen LogP contribution in [-0.2, 0) is 9.53 Å². The predicted molar refractivity (Wildman–Crippen MR) is 66.8 cm³/mol. The van der Waals surface area contributed by atoms with Gasteiger partial charge in [0.2, 0.25) is 0 Å². The number of carbonyl (C=O) groups is 1. The first kappa shape index (κ1) is 14.5. The van der Waals surface area contributed by atoms with E-state index in [0.717, 1.165) is 25.7 Å². The highest BCUT2D eigenvalue weighted by Crippen LogP contribution is 2.28. The summed E-state index contributed by atoms with van der Waals surface area (Å²) >= 11 is 0. The number of hydrogen-bond donors (Lipinski definition) is 1. The molecule has 1 saturated heterocycles. The average molecular weight is 243 g/mol. The molecule has 1 heterocycles. The Morgan fingerprint density at radius 3 is 2.53 bits per heavy atom. The van der Waals surface area contributed by atoms with E-state index in [0.29, 0.717) is 13.2 Å². The maximum Gasteiger partial charge on any atom is 0.254 e. The Morgan fingerprint density at radius 2 is 2.12 bits per heavy atom. The average Bonchev–Trinajstić information content (AvgIpc) is 2.77. The normalized spacial score (nSPS) is 24.3. The van der Waals surface area contributed by atoms with Crippen LogP contribution >= 0.6 is 0 Å². The van der Waals surface area contributed by atoms with E-state index >= 15 is 0 Å². The third kappa shape index (κ3) is 3.19. The van der Waals surface area contributed by atoms with E-state index in [2.05, 4.69) is 13.8 Å². The van der Waals surface area contributed by atoms with Crippen LogP contribution in [0.2, 0.25) is 0 Å². The second kappa shape index (κ2) is 6.36. The van der Waals surface area contributed by atoms with Crippen LogP contribution in [0, 0.1) is 0 Å². The smallest absolute Gasteiger partial charge is 0.254 e. The molecule has 0 aromatic heterocycles. The van der Waals surface area contributed by atoms with Gasteiger partial charge >= 0.3 is 0 Å². The summed E-state index contributed by atoms with van der Waals surface area (Å²) in [4.78, 5) is 14.3. The van der Waals surface area contributed by atoms with Crippen LogP contribution in [0.1, 0.15) is 46.5 Å². The fraction of sp³-hybridized carbons (Fsp3) is 0.923. The molecule has 1 N–H and O–H groups in total. The van der Waals surface area contributed by atoms with E-state index in [1.54, 1.807) is 4.90 Å². The molecule has 1 rings (SSSR count). The lowest BCUT2D eigenvalue weighted by Crippen LogP contribution is -2.51. The molecule has 17 heavy (non-hydrogen) atoms. The molecule has 1 atom stereocenters. The van der Waals surface area contributed by atoms with Crippen LogP contribution < -0.4 is 0 Å². The molecule has 1 fully saturated rings. The Bertz CT molecular complexity index is 245. The number of amides is 1. The summed E-state index contributed by atoms with van der Waals surface area (Å²) in [5.74, 6) is 0.0396. The third-order valence-electron chi connectivity index (χ3n) is 3.66. The van der Waals surface area contributed by atoms with E-state index in [9.17, 15) is 4.79 Å². The number of nitrogens with zero attached hydrogens (tertiary/aromatic N) is 1. The molecule has 1 amide bonds. The molecule has 1 aliphatic rings. The van der Waals surface area contributed by atoms with E-state index in [-0.39, 0.29) is 18.6 Å². The Labute approximate surface area is 104 Å². The maximum atomic E-state index is 12.5. The summed E-state index contributed by atoms with van der Waals surface area (Å²) in [6.07, 6.45) is 3.56. The van der Waals surface area contributed by atoms with E-state index in [4.69, 9.17) is 9.84 Å². The first-order valence-electron chi connectivity index (χ1n) is 6.65. The number of hydrogen-bond acceptors (Lipinski definition) is 3. The SMILES string of the molecule is CCC(CC)N(CCO)C(=O)C1(C)CCCO1. The Hall–Kier alpha value is -0.610. The van der Waals surface area contributed by atoms with Crippen molar-refractivity contribution in [2.75, 3.05) is 19.8 Å².